The summed E-state index contributed by atoms with van der Waals surface area (Å²) in [5.74, 6) is 0.0155. The van der Waals surface area contributed by atoms with Crippen molar-refractivity contribution in [1.29, 1.82) is 0 Å². The van der Waals surface area contributed by atoms with Gasteiger partial charge in [0.25, 0.3) is 0 Å². The summed E-state index contributed by atoms with van der Waals surface area (Å²) in [4.78, 5) is 11.7. The van der Waals surface area contributed by atoms with E-state index < -0.39 is 5.97 Å². The van der Waals surface area contributed by atoms with Gasteiger partial charge in [0.05, 0.1) is 7.11 Å². The highest BCUT2D eigenvalue weighted by Crippen LogP contribution is 2.26. The zero-order valence-corrected chi connectivity index (χ0v) is 14.8. The van der Waals surface area contributed by atoms with Crippen LogP contribution in [0.3, 0.4) is 0 Å². The number of phenolic OH excluding ortho intramolecular Hbond substituents is 1. The summed E-state index contributed by atoms with van der Waals surface area (Å²) in [6, 6.07) is 4.85. The lowest BCUT2D eigenvalue weighted by atomic mass is 10.1. The molecule has 0 aliphatic rings. The first-order valence-corrected chi connectivity index (χ1v) is 7.93. The molecule has 24 heavy (non-hydrogen) atoms. The van der Waals surface area contributed by atoms with Crippen LogP contribution in [0.25, 0.3) is 6.08 Å². The van der Waals surface area contributed by atoms with Gasteiger partial charge in [0.15, 0.2) is 11.5 Å². The number of hydrogen-bond donors (Lipinski definition) is 1. The van der Waals surface area contributed by atoms with E-state index in [0.717, 1.165) is 18.4 Å². The van der Waals surface area contributed by atoms with Gasteiger partial charge in [-0.1, -0.05) is 23.3 Å². The number of aromatic hydroxyl groups is 1. The van der Waals surface area contributed by atoms with Gasteiger partial charge in [-0.25, -0.2) is 4.79 Å². The molecule has 0 amide bonds. The molecule has 1 aromatic carbocycles. The Bertz CT molecular complexity index is 635. The molecule has 0 saturated heterocycles. The van der Waals surface area contributed by atoms with Crippen LogP contribution in [-0.4, -0.2) is 24.8 Å². The monoisotopic (exact) mass is 330 g/mol. The fraction of sp³-hybridized carbons (Fsp3) is 0.350. The van der Waals surface area contributed by atoms with Crippen molar-refractivity contribution in [3.63, 3.8) is 0 Å². The summed E-state index contributed by atoms with van der Waals surface area (Å²) in [7, 11) is 1.48. The number of benzene rings is 1. The Hall–Kier alpha value is -2.49. The second-order valence-electron chi connectivity index (χ2n) is 5.77. The molecule has 0 atom stereocenters. The van der Waals surface area contributed by atoms with Crippen LogP contribution in [0.1, 0.15) is 39.2 Å². The average Bonchev–Trinajstić information content (AvgIpc) is 2.53. The third-order valence-corrected chi connectivity index (χ3v) is 3.36. The first-order chi connectivity index (χ1) is 11.4. The normalized spacial score (nSPS) is 11.4. The molecule has 0 bridgehead atoms. The molecule has 0 saturated carbocycles. The Balaban J connectivity index is 2.44. The van der Waals surface area contributed by atoms with Gasteiger partial charge in [0.1, 0.15) is 6.61 Å². The van der Waals surface area contributed by atoms with Crippen molar-refractivity contribution in [2.75, 3.05) is 13.7 Å². The number of allylic oxidation sites excluding steroid dienone is 3. The second-order valence-corrected chi connectivity index (χ2v) is 5.77. The van der Waals surface area contributed by atoms with E-state index in [2.05, 4.69) is 19.9 Å². The van der Waals surface area contributed by atoms with Crippen molar-refractivity contribution in [2.24, 2.45) is 0 Å². The standard InChI is InChI=1S/C20H26O4/c1-15(2)6-5-7-16(3)12-13-24-20(22)11-9-17-8-10-18(21)19(14-17)23-4/h6,8-12,14,21H,5,7,13H2,1-4H3/b11-9+,16-12+. The first kappa shape index (κ1) is 19.6. The minimum Gasteiger partial charge on any atom is -0.504 e. The minimum atomic E-state index is -0.407. The fourth-order valence-corrected chi connectivity index (χ4v) is 1.97. The number of carbonyl (C=O) groups is 1. The van der Waals surface area contributed by atoms with E-state index in [1.165, 1.54) is 30.4 Å². The zero-order chi connectivity index (χ0) is 17.9. The maximum atomic E-state index is 11.7. The van der Waals surface area contributed by atoms with Crippen molar-refractivity contribution in [3.8, 4) is 11.5 Å². The number of hydrogen-bond acceptors (Lipinski definition) is 4. The third kappa shape index (κ3) is 7.68. The third-order valence-electron chi connectivity index (χ3n) is 3.36. The molecule has 0 aliphatic carbocycles. The summed E-state index contributed by atoms with van der Waals surface area (Å²) < 4.78 is 10.2. The van der Waals surface area contributed by atoms with E-state index in [1.54, 1.807) is 18.2 Å². The number of esters is 1. The van der Waals surface area contributed by atoms with Crippen molar-refractivity contribution in [1.82, 2.24) is 0 Å². The van der Waals surface area contributed by atoms with Crippen LogP contribution < -0.4 is 4.74 Å². The molecule has 0 radical (unpaired) electrons. The highest BCUT2D eigenvalue weighted by molar-refractivity contribution is 5.87. The summed E-state index contributed by atoms with van der Waals surface area (Å²) in [5, 5.41) is 9.52. The molecule has 0 unspecified atom stereocenters. The van der Waals surface area contributed by atoms with Gasteiger partial charge in [-0.05, 0) is 63.5 Å². The van der Waals surface area contributed by atoms with E-state index in [-0.39, 0.29) is 12.4 Å². The predicted octanol–water partition coefficient (Wildman–Crippen LogP) is 4.65. The summed E-state index contributed by atoms with van der Waals surface area (Å²) in [6.45, 7) is 6.46. The number of rotatable bonds is 8. The van der Waals surface area contributed by atoms with Crippen LogP contribution in [-0.2, 0) is 9.53 Å². The zero-order valence-electron chi connectivity index (χ0n) is 14.8. The maximum absolute atomic E-state index is 11.7. The van der Waals surface area contributed by atoms with Crippen molar-refractivity contribution in [2.45, 2.75) is 33.6 Å². The Kier molecular flexibility index (Phi) is 8.41. The van der Waals surface area contributed by atoms with Crippen LogP contribution in [0.15, 0.2) is 47.6 Å². The summed E-state index contributed by atoms with van der Waals surface area (Å²) in [5.41, 5.74) is 3.26. The topological polar surface area (TPSA) is 55.8 Å². The lowest BCUT2D eigenvalue weighted by Gasteiger charge is -2.03. The molecule has 1 aromatic rings. The minimum absolute atomic E-state index is 0.0611. The summed E-state index contributed by atoms with van der Waals surface area (Å²) >= 11 is 0. The van der Waals surface area contributed by atoms with Crippen LogP contribution in [0.2, 0.25) is 0 Å². The van der Waals surface area contributed by atoms with E-state index in [0.29, 0.717) is 5.75 Å². The Labute approximate surface area is 144 Å². The van der Waals surface area contributed by atoms with E-state index in [4.69, 9.17) is 9.47 Å². The number of methoxy groups -OCH3 is 1. The highest BCUT2D eigenvalue weighted by Gasteiger charge is 2.01. The lowest BCUT2D eigenvalue weighted by molar-refractivity contribution is -0.136. The second kappa shape index (κ2) is 10.3. The van der Waals surface area contributed by atoms with Gasteiger partial charge >= 0.3 is 5.97 Å². The molecule has 0 spiro atoms. The molecule has 4 heteroatoms. The van der Waals surface area contributed by atoms with Gasteiger partial charge in [-0.15, -0.1) is 0 Å². The highest BCUT2D eigenvalue weighted by atomic mass is 16.5. The molecular weight excluding hydrogens is 304 g/mol. The van der Waals surface area contributed by atoms with E-state index in [9.17, 15) is 9.90 Å². The van der Waals surface area contributed by atoms with E-state index in [1.807, 2.05) is 13.0 Å². The Morgan fingerprint density at radius 3 is 2.62 bits per heavy atom. The molecule has 1 N–H and O–H groups in total. The molecule has 130 valence electrons. The van der Waals surface area contributed by atoms with Crippen LogP contribution in [0.5, 0.6) is 11.5 Å². The predicted molar refractivity (Wildman–Crippen MR) is 97.1 cm³/mol. The Morgan fingerprint density at radius 1 is 1.21 bits per heavy atom. The maximum Gasteiger partial charge on any atom is 0.331 e. The molecule has 1 rings (SSSR count). The van der Waals surface area contributed by atoms with Gasteiger partial charge in [-0.3, -0.25) is 0 Å². The van der Waals surface area contributed by atoms with Crippen molar-refractivity contribution >= 4 is 12.0 Å². The largest absolute Gasteiger partial charge is 0.504 e. The SMILES string of the molecule is COc1cc(/C=C/C(=O)OC/C=C(\C)CCC=C(C)C)ccc1O. The quantitative estimate of drug-likeness (QED) is 0.428. The van der Waals surface area contributed by atoms with Crippen molar-refractivity contribution < 1.29 is 19.4 Å². The molecule has 0 aliphatic heterocycles. The van der Waals surface area contributed by atoms with Crippen LogP contribution in [0.4, 0.5) is 0 Å². The van der Waals surface area contributed by atoms with Gasteiger partial charge in [0, 0.05) is 6.08 Å². The van der Waals surface area contributed by atoms with Gasteiger partial charge in [0.2, 0.25) is 0 Å². The fourth-order valence-electron chi connectivity index (χ4n) is 1.97. The average molecular weight is 330 g/mol. The molecule has 0 heterocycles. The Morgan fingerprint density at radius 2 is 1.96 bits per heavy atom. The number of phenols is 1. The number of carbonyl (C=O) groups excluding carboxylic acids is 1. The molecule has 0 aromatic heterocycles. The molecule has 0 fully saturated rings. The van der Waals surface area contributed by atoms with Crippen LogP contribution in [0, 0.1) is 0 Å². The van der Waals surface area contributed by atoms with Gasteiger partial charge in [-0.2, -0.15) is 0 Å². The van der Waals surface area contributed by atoms with Crippen LogP contribution >= 0.6 is 0 Å². The van der Waals surface area contributed by atoms with Gasteiger partial charge < -0.3 is 14.6 Å². The van der Waals surface area contributed by atoms with E-state index >= 15 is 0 Å². The molecular formula is C20H26O4. The smallest absolute Gasteiger partial charge is 0.331 e. The molecule has 4 nitrogen and oxygen atoms in total. The first-order valence-electron chi connectivity index (χ1n) is 7.93. The summed E-state index contributed by atoms with van der Waals surface area (Å²) in [6.07, 6.45) is 9.06. The number of ether oxygens (including phenoxy) is 2. The lowest BCUT2D eigenvalue weighted by Crippen LogP contribution is -2.00. The van der Waals surface area contributed by atoms with Crippen molar-refractivity contribution in [3.05, 3.63) is 53.1 Å².